The Morgan fingerprint density at radius 3 is 2.53 bits per heavy atom. The zero-order valence-electron chi connectivity index (χ0n) is 20.1. The molecule has 9 heteroatoms. The number of hydrogen-bond acceptors (Lipinski definition) is 6. The molecule has 0 radical (unpaired) electrons. The standard InChI is InChI=1S/C27H27FN4O4/c1-3-19-15-25(33)32(31-26(19)21-6-9-23(35-2)24(14-21)36-17-28)16-18-4-7-22(8-5-18)30-27(34)20-10-12-29-13-11-20/h4-14,19H,3,15-17H2,1-2H3,(H,30,34). The number of nitrogens with one attached hydrogen (secondary N) is 1. The highest BCUT2D eigenvalue weighted by atomic mass is 19.1. The average Bonchev–Trinajstić information content (AvgIpc) is 2.91. The molecule has 186 valence electrons. The van der Waals surface area contributed by atoms with Gasteiger partial charge in [0.25, 0.3) is 5.91 Å². The number of halogens is 1. The Morgan fingerprint density at radius 2 is 1.86 bits per heavy atom. The lowest BCUT2D eigenvalue weighted by molar-refractivity contribution is -0.133. The number of carbonyl (C=O) groups is 2. The average molecular weight is 491 g/mol. The number of anilines is 1. The molecule has 1 aliphatic heterocycles. The maximum Gasteiger partial charge on any atom is 0.255 e. The highest BCUT2D eigenvalue weighted by Crippen LogP contribution is 2.32. The molecule has 2 heterocycles. The van der Waals surface area contributed by atoms with E-state index in [0.29, 0.717) is 23.4 Å². The number of rotatable bonds is 9. The van der Waals surface area contributed by atoms with Gasteiger partial charge >= 0.3 is 0 Å². The van der Waals surface area contributed by atoms with Gasteiger partial charge in [-0.3, -0.25) is 14.6 Å². The number of methoxy groups -OCH3 is 1. The van der Waals surface area contributed by atoms with Crippen LogP contribution in [0.3, 0.4) is 0 Å². The lowest BCUT2D eigenvalue weighted by Gasteiger charge is -2.29. The number of aromatic nitrogens is 1. The Labute approximate surface area is 208 Å². The Kier molecular flexibility index (Phi) is 7.89. The highest BCUT2D eigenvalue weighted by Gasteiger charge is 2.29. The summed E-state index contributed by atoms with van der Waals surface area (Å²) in [5.74, 6) is 0.333. The third kappa shape index (κ3) is 5.68. The summed E-state index contributed by atoms with van der Waals surface area (Å²) in [5, 5.41) is 8.97. The molecular weight excluding hydrogens is 463 g/mol. The van der Waals surface area contributed by atoms with Crippen molar-refractivity contribution in [3.63, 3.8) is 0 Å². The predicted octanol–water partition coefficient (Wildman–Crippen LogP) is 4.81. The summed E-state index contributed by atoms with van der Waals surface area (Å²) in [5.41, 5.74) is 3.50. The van der Waals surface area contributed by atoms with Crippen molar-refractivity contribution in [3.8, 4) is 11.5 Å². The highest BCUT2D eigenvalue weighted by molar-refractivity contribution is 6.06. The van der Waals surface area contributed by atoms with E-state index in [1.54, 1.807) is 48.8 Å². The van der Waals surface area contributed by atoms with Crippen molar-refractivity contribution >= 4 is 23.2 Å². The zero-order valence-corrected chi connectivity index (χ0v) is 20.1. The van der Waals surface area contributed by atoms with Gasteiger partial charge in [0, 0.05) is 41.5 Å². The minimum absolute atomic E-state index is 0.0638. The molecule has 4 rings (SSSR count). The van der Waals surface area contributed by atoms with Crippen molar-refractivity contribution in [2.24, 2.45) is 11.0 Å². The summed E-state index contributed by atoms with van der Waals surface area (Å²) >= 11 is 0. The molecule has 0 saturated carbocycles. The first-order valence-electron chi connectivity index (χ1n) is 11.6. The number of hydrogen-bond donors (Lipinski definition) is 1. The maximum absolute atomic E-state index is 12.9. The van der Waals surface area contributed by atoms with Gasteiger partial charge in [-0.2, -0.15) is 5.10 Å². The number of nitrogens with zero attached hydrogens (tertiary/aromatic N) is 3. The molecule has 8 nitrogen and oxygen atoms in total. The van der Waals surface area contributed by atoms with E-state index in [9.17, 15) is 14.0 Å². The third-order valence-electron chi connectivity index (χ3n) is 5.97. The molecule has 0 aliphatic carbocycles. The van der Waals surface area contributed by atoms with E-state index < -0.39 is 6.86 Å². The second kappa shape index (κ2) is 11.4. The molecule has 2 aromatic carbocycles. The normalized spacial score (nSPS) is 15.3. The number of amides is 2. The first-order chi connectivity index (χ1) is 17.5. The van der Waals surface area contributed by atoms with Gasteiger partial charge in [-0.1, -0.05) is 19.1 Å². The quantitative estimate of drug-likeness (QED) is 0.465. The van der Waals surface area contributed by atoms with Gasteiger partial charge in [0.15, 0.2) is 11.5 Å². The smallest absolute Gasteiger partial charge is 0.255 e. The van der Waals surface area contributed by atoms with E-state index in [1.807, 2.05) is 25.1 Å². The van der Waals surface area contributed by atoms with Crippen LogP contribution in [0.4, 0.5) is 10.1 Å². The molecule has 36 heavy (non-hydrogen) atoms. The van der Waals surface area contributed by atoms with Crippen LogP contribution in [-0.2, 0) is 11.3 Å². The monoisotopic (exact) mass is 490 g/mol. The molecule has 3 aromatic rings. The van der Waals surface area contributed by atoms with Crippen molar-refractivity contribution < 1.29 is 23.5 Å². The predicted molar refractivity (Wildman–Crippen MR) is 134 cm³/mol. The van der Waals surface area contributed by atoms with E-state index >= 15 is 0 Å². The Morgan fingerprint density at radius 1 is 1.11 bits per heavy atom. The van der Waals surface area contributed by atoms with E-state index in [-0.39, 0.29) is 30.0 Å². The van der Waals surface area contributed by atoms with Crippen LogP contribution in [-0.4, -0.2) is 41.5 Å². The lowest BCUT2D eigenvalue weighted by atomic mass is 9.89. The summed E-state index contributed by atoms with van der Waals surface area (Å²) < 4.78 is 23.2. The number of carbonyl (C=O) groups excluding carboxylic acids is 2. The molecular formula is C27H27FN4O4. The molecule has 2 amide bonds. The Bertz CT molecular complexity index is 1250. The van der Waals surface area contributed by atoms with Crippen LogP contribution < -0.4 is 14.8 Å². The van der Waals surface area contributed by atoms with E-state index in [0.717, 1.165) is 23.3 Å². The maximum atomic E-state index is 12.9. The molecule has 1 aliphatic rings. The molecule has 1 aromatic heterocycles. The zero-order chi connectivity index (χ0) is 25.5. The van der Waals surface area contributed by atoms with Gasteiger partial charge in [-0.25, -0.2) is 9.40 Å². The third-order valence-corrected chi connectivity index (χ3v) is 5.97. The van der Waals surface area contributed by atoms with Crippen LogP contribution in [0.15, 0.2) is 72.1 Å². The molecule has 0 bridgehead atoms. The van der Waals surface area contributed by atoms with Gasteiger partial charge in [0.2, 0.25) is 12.8 Å². The van der Waals surface area contributed by atoms with Crippen LogP contribution in [0.1, 0.15) is 41.3 Å². The fourth-order valence-corrected chi connectivity index (χ4v) is 4.02. The number of alkyl halides is 1. The molecule has 0 spiro atoms. The summed E-state index contributed by atoms with van der Waals surface area (Å²) in [4.78, 5) is 29.1. The fourth-order valence-electron chi connectivity index (χ4n) is 4.02. The second-order valence-electron chi connectivity index (χ2n) is 8.25. The van der Waals surface area contributed by atoms with Crippen molar-refractivity contribution in [3.05, 3.63) is 83.7 Å². The molecule has 1 N–H and O–H groups in total. The summed E-state index contributed by atoms with van der Waals surface area (Å²) in [6.07, 6.45) is 4.18. The van der Waals surface area contributed by atoms with Crippen molar-refractivity contribution in [2.45, 2.75) is 26.3 Å². The van der Waals surface area contributed by atoms with Crippen molar-refractivity contribution in [1.82, 2.24) is 9.99 Å². The number of hydrazone groups is 1. The summed E-state index contributed by atoms with van der Waals surface area (Å²) in [6.45, 7) is 1.30. The van der Waals surface area contributed by atoms with Crippen molar-refractivity contribution in [1.29, 1.82) is 0 Å². The number of ether oxygens (including phenoxy) is 2. The van der Waals surface area contributed by atoms with Gasteiger partial charge < -0.3 is 14.8 Å². The molecule has 1 unspecified atom stereocenters. The summed E-state index contributed by atoms with van der Waals surface area (Å²) in [6, 6.07) is 15.8. The number of pyridine rings is 1. The van der Waals surface area contributed by atoms with Gasteiger partial charge in [-0.15, -0.1) is 0 Å². The van der Waals surface area contributed by atoms with Crippen LogP contribution in [0.25, 0.3) is 0 Å². The van der Waals surface area contributed by atoms with Crippen molar-refractivity contribution in [2.75, 3.05) is 19.3 Å². The minimum atomic E-state index is -0.979. The first kappa shape index (κ1) is 24.8. The van der Waals surface area contributed by atoms with Gasteiger partial charge in [0.1, 0.15) is 0 Å². The Balaban J connectivity index is 1.52. The van der Waals surface area contributed by atoms with E-state index in [2.05, 4.69) is 15.4 Å². The Hall–Kier alpha value is -4.27. The van der Waals surface area contributed by atoms with Crippen LogP contribution in [0.2, 0.25) is 0 Å². The fraction of sp³-hybridized carbons (Fsp3) is 0.259. The van der Waals surface area contributed by atoms with Crippen LogP contribution in [0.5, 0.6) is 11.5 Å². The van der Waals surface area contributed by atoms with E-state index in [4.69, 9.17) is 9.47 Å². The second-order valence-corrected chi connectivity index (χ2v) is 8.25. The van der Waals surface area contributed by atoms with E-state index in [1.165, 1.54) is 12.1 Å². The molecule has 1 atom stereocenters. The van der Waals surface area contributed by atoms with Crippen LogP contribution >= 0.6 is 0 Å². The molecule has 0 saturated heterocycles. The largest absolute Gasteiger partial charge is 0.493 e. The topological polar surface area (TPSA) is 93.1 Å². The molecule has 0 fully saturated rings. The SMILES string of the molecule is CCC1CC(=O)N(Cc2ccc(NC(=O)c3ccncc3)cc2)N=C1c1ccc(OC)c(OCF)c1. The van der Waals surface area contributed by atoms with Gasteiger partial charge in [0.05, 0.1) is 19.4 Å². The number of benzene rings is 2. The summed E-state index contributed by atoms with van der Waals surface area (Å²) in [7, 11) is 1.49. The van der Waals surface area contributed by atoms with Crippen LogP contribution in [0, 0.1) is 5.92 Å². The first-order valence-corrected chi connectivity index (χ1v) is 11.6. The minimum Gasteiger partial charge on any atom is -0.493 e. The van der Waals surface area contributed by atoms with Gasteiger partial charge in [-0.05, 0) is 54.4 Å². The lowest BCUT2D eigenvalue weighted by Crippen LogP contribution is -2.36.